The molecule has 1 heterocycles. The molecule has 0 aliphatic rings. The molecule has 0 fully saturated rings. The smallest absolute Gasteiger partial charge is 0.485 e. The molecule has 0 radical (unpaired) electrons. The molecule has 1 aromatic carbocycles. The fourth-order valence-electron chi connectivity index (χ4n) is 1.85. The van der Waals surface area contributed by atoms with Crippen LogP contribution in [0.1, 0.15) is 19.2 Å². The maximum atomic E-state index is 10.7. The molecule has 0 spiro atoms. The van der Waals surface area contributed by atoms with Crippen LogP contribution in [0.25, 0.3) is 5.69 Å². The molecule has 9 heteroatoms. The molecule has 0 unspecified atom stereocenters. The number of aryl methyl sites for hydroxylation is 1. The second-order valence-electron chi connectivity index (χ2n) is 4.68. The van der Waals surface area contributed by atoms with Crippen LogP contribution in [0.4, 0.5) is 13.2 Å². The van der Waals surface area contributed by atoms with Crippen LogP contribution in [0, 0.1) is 0 Å². The molecule has 128 valence electrons. The van der Waals surface area contributed by atoms with Crippen molar-refractivity contribution in [3.05, 3.63) is 48.5 Å². The third-order valence-corrected chi connectivity index (χ3v) is 3.48. The van der Waals surface area contributed by atoms with Gasteiger partial charge in [0.15, 0.2) is 10.1 Å². The summed E-state index contributed by atoms with van der Waals surface area (Å²) < 4.78 is 63.3. The molecule has 2 rings (SSSR count). The fourth-order valence-corrected chi connectivity index (χ4v) is 1.85. The molecule has 0 amide bonds. The Hall–Kier alpha value is -1.87. The normalized spacial score (nSPS) is 11.7. The van der Waals surface area contributed by atoms with E-state index in [1.165, 1.54) is 17.9 Å². The van der Waals surface area contributed by atoms with E-state index in [1.54, 1.807) is 0 Å². The number of hydrogen-bond acceptors (Lipinski definition) is 3. The Kier molecular flexibility index (Phi) is 6.34. The van der Waals surface area contributed by atoms with E-state index in [9.17, 15) is 13.2 Å². The molecule has 23 heavy (non-hydrogen) atoms. The predicted molar refractivity (Wildman–Crippen MR) is 76.7 cm³/mol. The Bertz CT molecular complexity index is 725. The predicted octanol–water partition coefficient (Wildman–Crippen LogP) is 2.31. The SMILES string of the molecule is CCCc1n(-c2ccccc2)cc[n+]1C.O=S(=O)([O-])C(F)(F)F. The van der Waals surface area contributed by atoms with Crippen LogP contribution in [-0.2, 0) is 23.6 Å². The van der Waals surface area contributed by atoms with E-state index >= 15 is 0 Å². The van der Waals surface area contributed by atoms with Crippen molar-refractivity contribution >= 4 is 10.1 Å². The average Bonchev–Trinajstić information content (AvgIpc) is 2.80. The first-order chi connectivity index (χ1) is 10.6. The van der Waals surface area contributed by atoms with E-state index in [2.05, 4.69) is 59.8 Å². The average molecular weight is 350 g/mol. The minimum atomic E-state index is -6.09. The number of halogens is 3. The molecule has 0 saturated heterocycles. The molecular weight excluding hydrogens is 333 g/mol. The van der Waals surface area contributed by atoms with E-state index in [0.29, 0.717) is 0 Å². The van der Waals surface area contributed by atoms with Gasteiger partial charge in [-0.2, -0.15) is 17.7 Å². The van der Waals surface area contributed by atoms with Gasteiger partial charge in [0.1, 0.15) is 18.1 Å². The molecule has 0 aliphatic heterocycles. The highest BCUT2D eigenvalue weighted by Crippen LogP contribution is 2.20. The molecule has 5 nitrogen and oxygen atoms in total. The third kappa shape index (κ3) is 5.36. The topological polar surface area (TPSA) is 66.0 Å². The van der Waals surface area contributed by atoms with Crippen molar-refractivity contribution in [3.8, 4) is 5.69 Å². The maximum Gasteiger partial charge on any atom is 0.485 e. The van der Waals surface area contributed by atoms with Gasteiger partial charge >= 0.3 is 5.51 Å². The van der Waals surface area contributed by atoms with Gasteiger partial charge in [0, 0.05) is 6.42 Å². The fraction of sp³-hybridized carbons (Fsp3) is 0.357. The highest BCUT2D eigenvalue weighted by atomic mass is 32.2. The molecule has 0 aliphatic carbocycles. The van der Waals surface area contributed by atoms with Crippen molar-refractivity contribution in [2.24, 2.45) is 7.05 Å². The van der Waals surface area contributed by atoms with Crippen molar-refractivity contribution in [1.29, 1.82) is 0 Å². The van der Waals surface area contributed by atoms with Crippen molar-refractivity contribution in [2.75, 3.05) is 0 Å². The summed E-state index contributed by atoms with van der Waals surface area (Å²) >= 11 is 0. The quantitative estimate of drug-likeness (QED) is 0.485. The first-order valence-corrected chi connectivity index (χ1v) is 8.12. The lowest BCUT2D eigenvalue weighted by molar-refractivity contribution is -0.678. The van der Waals surface area contributed by atoms with Crippen molar-refractivity contribution in [2.45, 2.75) is 25.3 Å². The van der Waals surface area contributed by atoms with E-state index in [1.807, 2.05) is 6.07 Å². The second kappa shape index (κ2) is 7.60. The molecule has 0 bridgehead atoms. The van der Waals surface area contributed by atoms with E-state index in [0.717, 1.165) is 6.42 Å². The largest absolute Gasteiger partial charge is 0.741 e. The summed E-state index contributed by atoms with van der Waals surface area (Å²) in [5, 5.41) is 0. The lowest BCUT2D eigenvalue weighted by Gasteiger charge is -2.08. The van der Waals surface area contributed by atoms with Gasteiger partial charge < -0.3 is 4.55 Å². The number of nitrogens with zero attached hydrogens (tertiary/aromatic N) is 2. The molecular formula is C14H17F3N2O3S. The summed E-state index contributed by atoms with van der Waals surface area (Å²) in [4.78, 5) is 0. The second-order valence-corrected chi connectivity index (χ2v) is 6.05. The number of rotatable bonds is 3. The third-order valence-electron chi connectivity index (χ3n) is 2.92. The zero-order valence-electron chi connectivity index (χ0n) is 12.6. The van der Waals surface area contributed by atoms with Gasteiger partial charge in [0.05, 0.1) is 7.05 Å². The van der Waals surface area contributed by atoms with Gasteiger partial charge in [-0.05, 0) is 18.6 Å². The Labute approximate surface area is 132 Å². The first-order valence-electron chi connectivity index (χ1n) is 6.71. The van der Waals surface area contributed by atoms with Crippen LogP contribution in [0.3, 0.4) is 0 Å². The number of para-hydroxylation sites is 1. The Morgan fingerprint density at radius 1 is 1.22 bits per heavy atom. The monoisotopic (exact) mass is 350 g/mol. The molecule has 0 N–H and O–H groups in total. The van der Waals surface area contributed by atoms with Gasteiger partial charge in [0.25, 0.3) is 5.82 Å². The van der Waals surface area contributed by atoms with E-state index in [-0.39, 0.29) is 0 Å². The minimum absolute atomic E-state index is 1.11. The number of aromatic nitrogens is 2. The van der Waals surface area contributed by atoms with Gasteiger partial charge in [-0.1, -0.05) is 25.1 Å². The number of imidazole rings is 1. The summed E-state index contributed by atoms with van der Waals surface area (Å²) in [5.41, 5.74) is -4.41. The van der Waals surface area contributed by atoms with Crippen LogP contribution in [0.5, 0.6) is 0 Å². The summed E-state index contributed by atoms with van der Waals surface area (Å²) in [6.45, 7) is 2.21. The van der Waals surface area contributed by atoms with Crippen LogP contribution in [0.2, 0.25) is 0 Å². The standard InChI is InChI=1S/C13H17N2.CHF3O3S/c1-3-7-13-14(2)10-11-15(13)12-8-5-4-6-9-12;2-1(3,4)8(5,6)7/h4-6,8-11H,3,7H2,1-2H3;(H,5,6,7)/q+1;/p-1. The van der Waals surface area contributed by atoms with Crippen molar-refractivity contribution in [1.82, 2.24) is 4.57 Å². The number of alkyl halides is 3. The summed E-state index contributed by atoms with van der Waals surface area (Å²) in [5.74, 6) is 1.35. The lowest BCUT2D eigenvalue weighted by atomic mass is 10.3. The molecule has 2 aromatic rings. The first kappa shape index (κ1) is 19.2. The van der Waals surface area contributed by atoms with Crippen molar-refractivity contribution in [3.63, 3.8) is 0 Å². The van der Waals surface area contributed by atoms with E-state index < -0.39 is 15.6 Å². The highest BCUT2D eigenvalue weighted by molar-refractivity contribution is 7.86. The van der Waals surface area contributed by atoms with Crippen LogP contribution in [-0.4, -0.2) is 23.0 Å². The number of benzene rings is 1. The molecule has 1 aromatic heterocycles. The van der Waals surface area contributed by atoms with Crippen molar-refractivity contribution < 1.29 is 30.7 Å². The summed E-state index contributed by atoms with van der Waals surface area (Å²) in [6, 6.07) is 10.5. The Morgan fingerprint density at radius 2 is 1.74 bits per heavy atom. The van der Waals surface area contributed by atoms with Crippen LogP contribution >= 0.6 is 0 Å². The number of hydrogen-bond donors (Lipinski definition) is 0. The van der Waals surface area contributed by atoms with Gasteiger partial charge in [-0.25, -0.2) is 13.0 Å². The zero-order chi connectivity index (χ0) is 17.7. The van der Waals surface area contributed by atoms with E-state index in [4.69, 9.17) is 13.0 Å². The van der Waals surface area contributed by atoms with Crippen LogP contribution < -0.4 is 4.57 Å². The molecule has 0 atom stereocenters. The molecule has 0 saturated carbocycles. The summed E-state index contributed by atoms with van der Waals surface area (Å²) in [6.07, 6.45) is 6.52. The Morgan fingerprint density at radius 3 is 2.17 bits per heavy atom. The van der Waals surface area contributed by atoms with Gasteiger partial charge in [-0.15, -0.1) is 0 Å². The summed E-state index contributed by atoms with van der Waals surface area (Å²) in [7, 11) is -3.99. The zero-order valence-corrected chi connectivity index (χ0v) is 13.4. The minimum Gasteiger partial charge on any atom is -0.741 e. The van der Waals surface area contributed by atoms with Gasteiger partial charge in [-0.3, -0.25) is 0 Å². The van der Waals surface area contributed by atoms with Gasteiger partial charge in [0.2, 0.25) is 0 Å². The lowest BCUT2D eigenvalue weighted by Crippen LogP contribution is -2.31. The maximum absolute atomic E-state index is 10.7. The Balaban J connectivity index is 0.000000284. The van der Waals surface area contributed by atoms with Crippen LogP contribution in [0.15, 0.2) is 42.7 Å². The highest BCUT2D eigenvalue weighted by Gasteiger charge is 2.36.